The topological polar surface area (TPSA) is 306 Å². The fourth-order valence-electron chi connectivity index (χ4n) is 1.19. The molecule has 364 valence electrons. The second-order valence-electron chi connectivity index (χ2n) is 6.75. The van der Waals surface area contributed by atoms with Crippen LogP contribution in [-0.2, 0) is 80.1 Å². The first-order valence-corrected chi connectivity index (χ1v) is 28.6. The van der Waals surface area contributed by atoms with Gasteiger partial charge in [0, 0.05) is 53.8 Å². The summed E-state index contributed by atoms with van der Waals surface area (Å²) in [7, 11) is 20.6. The monoisotopic (exact) mass is 1330 g/mol. The van der Waals surface area contributed by atoms with Crippen LogP contribution in [0.5, 0.6) is 0 Å². The summed E-state index contributed by atoms with van der Waals surface area (Å²) in [6, 6.07) is 0. The smallest absolute Gasteiger partial charge is 1.00 e. The minimum atomic E-state index is -1.67. The van der Waals surface area contributed by atoms with Gasteiger partial charge in [0.05, 0.1) is 39.1 Å². The van der Waals surface area contributed by atoms with E-state index in [0.29, 0.717) is 12.8 Å². The van der Waals surface area contributed by atoms with E-state index in [1.54, 1.807) is 13.8 Å². The fraction of sp³-hybridized carbons (Fsp3) is 0.828. The van der Waals surface area contributed by atoms with Gasteiger partial charge < -0.3 is 60.4 Å². The van der Waals surface area contributed by atoms with Crippen molar-refractivity contribution >= 4 is 219 Å². The Kier molecular flexibility index (Phi) is 342. The number of Topliss-reactive ketones (excluding diaryl/α,β-unsaturated/α-hetero) is 1. The van der Waals surface area contributed by atoms with E-state index >= 15 is 0 Å². The summed E-state index contributed by atoms with van der Waals surface area (Å²) >= 11 is 7.19. The van der Waals surface area contributed by atoms with Gasteiger partial charge in [-0.05, 0) is 24.9 Å². The molecule has 0 aromatic carbocycles. The first-order chi connectivity index (χ1) is 21.6. The predicted octanol–water partition coefficient (Wildman–Crippen LogP) is 7.94. The van der Waals surface area contributed by atoms with Gasteiger partial charge in [-0.2, -0.15) is 0 Å². The number of hydrogen-bond donors (Lipinski definition) is 3. The normalized spacial score (nSPS) is 8.55. The van der Waals surface area contributed by atoms with E-state index in [4.69, 9.17) is 42.7 Å². The Labute approximate surface area is 479 Å². The number of ether oxygens (including phenoxy) is 3. The number of carbonyl (C=O) groups excluding carboxylic acids is 5. The molecule has 2 heterocycles. The predicted molar refractivity (Wildman–Crippen MR) is 276 cm³/mol. The molecule has 0 spiro atoms. The zero-order valence-electron chi connectivity index (χ0n) is 40.8. The molecule has 58 heavy (non-hydrogen) atoms. The summed E-state index contributed by atoms with van der Waals surface area (Å²) in [5, 5.41) is 14.6. The number of halogens is 9. The third-order valence-corrected chi connectivity index (χ3v) is 3.55. The Morgan fingerprint density at radius 1 is 0.879 bits per heavy atom. The van der Waals surface area contributed by atoms with Gasteiger partial charge >= 0.3 is 125 Å². The van der Waals surface area contributed by atoms with Crippen LogP contribution in [-0.4, -0.2) is 158 Å². The second-order valence-corrected chi connectivity index (χ2v) is 16.8. The summed E-state index contributed by atoms with van der Waals surface area (Å²) in [5.74, 6) is -1.30. The first kappa shape index (κ1) is 137. The van der Waals surface area contributed by atoms with Gasteiger partial charge in [0.25, 0.3) is 0 Å². The largest absolute Gasteiger partial charge is 2.00 e. The molecule has 1 unspecified atom stereocenters. The summed E-state index contributed by atoms with van der Waals surface area (Å²) in [6.07, 6.45) is 4.47. The van der Waals surface area contributed by atoms with E-state index in [9.17, 15) is 24.0 Å². The van der Waals surface area contributed by atoms with Gasteiger partial charge in [-0.25, -0.2) is 4.21 Å². The van der Waals surface area contributed by atoms with Gasteiger partial charge in [0.1, 0.15) is 5.78 Å². The number of esters is 3. The van der Waals surface area contributed by atoms with Crippen LogP contribution < -0.4 is 6.15 Å². The van der Waals surface area contributed by atoms with Crippen molar-refractivity contribution < 1.29 is 99.4 Å². The number of hydrogen-bond acceptors (Lipinski definition) is 12. The third kappa shape index (κ3) is 247. The molecular weight excluding hydrogens is 1260 g/mol. The number of aliphatic hydroxyl groups excluding tert-OH is 2. The molecule has 0 aromatic heterocycles. The van der Waals surface area contributed by atoms with E-state index in [1.807, 2.05) is 27.7 Å². The van der Waals surface area contributed by atoms with E-state index in [0.717, 1.165) is 32.8 Å². The van der Waals surface area contributed by atoms with E-state index in [1.165, 1.54) is 20.0 Å². The number of cyclic esters (lactones) is 2. The van der Waals surface area contributed by atoms with Gasteiger partial charge in [-0.3, -0.25) is 19.2 Å². The van der Waals surface area contributed by atoms with Crippen LogP contribution in [0.15, 0.2) is 0 Å². The SMILES string of the molecule is Br.Br.C.C.C1CO1.CC.CCBr.CCC(C)=O.CCC(CC(=O)Cl)C(=O)OC.CCCC.CO.CO.Cl.N.O.O=C1CCC(=O)O1.O=S(Cl)Cl.[Cl][Cd][Cl].[H-].[H-].[H-].[H-].[H-].[H-].[Mg+2].[Mg+2].[Mg+2].[OH3+].[OH3+]. The molecule has 13 N–H and O–H groups in total. The minimum Gasteiger partial charge on any atom is -1.00 e. The molecule has 0 saturated carbocycles. The van der Waals surface area contributed by atoms with Crippen LogP contribution in [0.2, 0.25) is 0 Å². The quantitative estimate of drug-likeness (QED) is 0.0434. The Hall–Kier alpha value is 4.22. The fourth-order valence-corrected chi connectivity index (χ4v) is 1.37. The zero-order chi connectivity index (χ0) is 38.9. The van der Waals surface area contributed by atoms with E-state index < -0.39 is 48.2 Å². The third-order valence-electron chi connectivity index (χ3n) is 3.40. The number of methoxy groups -OCH3 is 1. The van der Waals surface area contributed by atoms with Crippen molar-refractivity contribution in [3.05, 3.63) is 0 Å². The number of rotatable bonds is 6. The molecule has 0 bridgehead atoms. The van der Waals surface area contributed by atoms with Crippen LogP contribution in [0.1, 0.15) is 124 Å². The van der Waals surface area contributed by atoms with Crippen molar-refractivity contribution in [3.8, 4) is 0 Å². The molecule has 0 amide bonds. The Morgan fingerprint density at radius 3 is 1.16 bits per heavy atom. The van der Waals surface area contributed by atoms with Gasteiger partial charge in [-0.1, -0.05) is 92.1 Å². The Morgan fingerprint density at radius 2 is 1.09 bits per heavy atom. The van der Waals surface area contributed by atoms with Crippen molar-refractivity contribution in [2.24, 2.45) is 5.92 Å². The van der Waals surface area contributed by atoms with E-state index in [-0.39, 0.29) is 198 Å². The summed E-state index contributed by atoms with van der Waals surface area (Å²) < 4.78 is 22.1. The maximum Gasteiger partial charge on any atom is 2.00 e. The molecule has 15 nitrogen and oxygen atoms in total. The van der Waals surface area contributed by atoms with Crippen molar-refractivity contribution in [3.63, 3.8) is 0 Å². The van der Waals surface area contributed by atoms with Gasteiger partial charge in [-0.15, -0.1) is 46.4 Å². The van der Waals surface area contributed by atoms with Gasteiger partial charge in [0.2, 0.25) is 14.5 Å². The van der Waals surface area contributed by atoms with Crippen molar-refractivity contribution in [1.29, 1.82) is 0 Å². The Bertz CT molecular complexity index is 706. The molecular formula is C29H84Br3CdCl6Mg3NO14S+2. The summed E-state index contributed by atoms with van der Waals surface area (Å²) in [4.78, 5) is 51.1. The number of alkyl halides is 1. The molecule has 2 aliphatic heterocycles. The number of carbonyl (C=O) groups is 5. The molecule has 2 aliphatic rings. The molecule has 0 aliphatic carbocycles. The van der Waals surface area contributed by atoms with Crippen molar-refractivity contribution in [1.82, 2.24) is 6.15 Å². The molecule has 0 aromatic rings. The van der Waals surface area contributed by atoms with Crippen LogP contribution in [0, 0.1) is 5.92 Å². The molecule has 29 heteroatoms. The first-order valence-electron chi connectivity index (χ1n) is 14.0. The van der Waals surface area contributed by atoms with Crippen LogP contribution >= 0.6 is 112 Å². The maximum absolute atomic E-state index is 10.8. The molecule has 2 saturated heterocycles. The summed E-state index contributed by atoms with van der Waals surface area (Å²) in [6.45, 7) is 17.6. The maximum atomic E-state index is 10.8. The molecule has 1 atom stereocenters. The average Bonchev–Trinajstić information content (AvgIpc) is 3.88. The molecule has 0 radical (unpaired) electrons. The van der Waals surface area contributed by atoms with Crippen LogP contribution in [0.4, 0.5) is 0 Å². The zero-order valence-corrected chi connectivity index (χ0v) is 53.5. The van der Waals surface area contributed by atoms with Crippen LogP contribution in [0.3, 0.4) is 0 Å². The molecule has 2 rings (SSSR count). The number of epoxide rings is 1. The van der Waals surface area contributed by atoms with Crippen molar-refractivity contribution in [2.45, 2.75) is 115 Å². The van der Waals surface area contributed by atoms with Crippen LogP contribution in [0.25, 0.3) is 0 Å². The summed E-state index contributed by atoms with van der Waals surface area (Å²) in [5.41, 5.74) is 0. The number of aliphatic hydroxyl groups is 2. The second kappa shape index (κ2) is 144. The van der Waals surface area contributed by atoms with E-state index in [2.05, 4.69) is 65.4 Å². The van der Waals surface area contributed by atoms with Crippen molar-refractivity contribution in [2.75, 3.05) is 39.9 Å². The minimum absolute atomic E-state index is 0. The standard InChI is InChI=1S/C7H11ClO3.C4H4O3.C4H8O.C4H10.C2H5Br.C2H4O.C2H6.2CH4O.2CH4.2BrH.Cd.Cl2OS.3ClH.3Mg.H3N.3H2O.6H/c1-3-5(4-6(8)9)7(10)11-2;5-3-1-2-4(6)7-3;1-3-4(2)5;1-3-4-2;1-2-3;1-2-3-1;3*1-2;;;;;;1-4(2)3;;;;;;;;;;;;;;;;/h5H,3-4H2,1-2H3;1-2H2;3H2,1-2H3;3-4H2,1-2H3;2H2,1H3;1-2H2;1-2H3;2*2H,1H3;2*1H4;2*1H;;;3*1H;;;;1H3;3*1H2;;;;;;/q;;;;;;;;;;;;;+2;;;;;3*+2;;;;;6*-1. The number of ketones is 1. The molecule has 2 fully saturated rings. The number of unbranched alkanes of at least 4 members (excludes halogenated alkanes) is 1. The Balaban J connectivity index is -0.00000000951. The average molecular weight is 1340 g/mol. The van der Waals surface area contributed by atoms with Gasteiger partial charge in [0.15, 0.2) is 0 Å².